The summed E-state index contributed by atoms with van der Waals surface area (Å²) < 4.78 is 0. The fourth-order valence-corrected chi connectivity index (χ4v) is 7.99. The van der Waals surface area contributed by atoms with E-state index < -0.39 is 16.1 Å². The van der Waals surface area contributed by atoms with Gasteiger partial charge >= 0.3 is 0 Å². The van der Waals surface area contributed by atoms with Crippen molar-refractivity contribution in [2.75, 3.05) is 0 Å². The monoisotopic (exact) mass is 479 g/mol. The van der Waals surface area contributed by atoms with Crippen LogP contribution in [0.3, 0.4) is 0 Å². The van der Waals surface area contributed by atoms with E-state index in [1.54, 1.807) is 18.3 Å². The Balaban J connectivity index is 1.33. The highest BCUT2D eigenvalue weighted by Crippen LogP contribution is 2.64. The number of aliphatic hydroxyl groups excluding tert-OH is 1. The molecule has 34 heavy (non-hydrogen) atoms. The summed E-state index contributed by atoms with van der Waals surface area (Å²) in [5.41, 5.74) is 1.84. The zero-order chi connectivity index (χ0) is 23.6. The maximum Gasteiger partial charge on any atom is 0.290 e. The zero-order valence-corrected chi connectivity index (χ0v) is 19.3. The minimum Gasteiger partial charge on any atom is -0.502 e. The Morgan fingerprint density at radius 1 is 1.15 bits per heavy atom. The van der Waals surface area contributed by atoms with E-state index in [-0.39, 0.29) is 29.2 Å². The summed E-state index contributed by atoms with van der Waals surface area (Å²) in [4.78, 5) is 39.5. The van der Waals surface area contributed by atoms with Gasteiger partial charge in [0.05, 0.1) is 16.2 Å². The van der Waals surface area contributed by atoms with Crippen molar-refractivity contribution in [1.29, 1.82) is 0 Å². The molecule has 2 heterocycles. The molecule has 4 saturated carbocycles. The number of nitrogens with zero attached hydrogens (tertiary/aromatic N) is 2. The number of thioether (sulfide) groups is 1. The molecular weight excluding hydrogens is 454 g/mol. The van der Waals surface area contributed by atoms with Crippen molar-refractivity contribution < 1.29 is 19.6 Å². The Morgan fingerprint density at radius 2 is 1.82 bits per heavy atom. The molecule has 1 aliphatic heterocycles. The first-order chi connectivity index (χ1) is 16.3. The largest absolute Gasteiger partial charge is 0.502 e. The number of carbonyl (C=O) groups excluding carboxylic acids is 2. The quantitative estimate of drug-likeness (QED) is 0.351. The van der Waals surface area contributed by atoms with Gasteiger partial charge in [-0.2, -0.15) is 0 Å². The topological polar surface area (TPSA) is 122 Å². The van der Waals surface area contributed by atoms with Gasteiger partial charge in [0.1, 0.15) is 0 Å². The Hall–Kier alpha value is -2.94. The number of nitrogens with one attached hydrogen (secondary N) is 1. The third kappa shape index (κ3) is 3.57. The van der Waals surface area contributed by atoms with Gasteiger partial charge in [0, 0.05) is 23.4 Å². The van der Waals surface area contributed by atoms with Crippen LogP contribution in [0.5, 0.6) is 0 Å². The van der Waals surface area contributed by atoms with Crippen LogP contribution in [0.15, 0.2) is 46.3 Å². The number of hydrogen-bond donors (Lipinski definition) is 2. The van der Waals surface area contributed by atoms with E-state index in [0.29, 0.717) is 33.9 Å². The van der Waals surface area contributed by atoms with Crippen LogP contribution in [0, 0.1) is 33.3 Å². The van der Waals surface area contributed by atoms with E-state index in [2.05, 4.69) is 10.3 Å². The van der Waals surface area contributed by atoms with Crippen LogP contribution in [0.1, 0.15) is 62.1 Å². The van der Waals surface area contributed by atoms with Crippen molar-refractivity contribution in [3.8, 4) is 0 Å². The highest BCUT2D eigenvalue weighted by atomic mass is 32.2. The third-order valence-corrected chi connectivity index (χ3v) is 9.08. The van der Waals surface area contributed by atoms with Crippen molar-refractivity contribution in [2.45, 2.75) is 50.9 Å². The Kier molecular flexibility index (Phi) is 4.95. The number of imide groups is 1. The van der Waals surface area contributed by atoms with Gasteiger partial charge < -0.3 is 5.11 Å². The van der Waals surface area contributed by atoms with Gasteiger partial charge in [-0.15, -0.1) is 0 Å². The van der Waals surface area contributed by atoms with Crippen LogP contribution in [0.25, 0.3) is 6.08 Å². The lowest BCUT2D eigenvalue weighted by atomic mass is 9.47. The molecule has 0 aromatic carbocycles. The molecule has 1 aromatic heterocycles. The lowest BCUT2D eigenvalue weighted by molar-refractivity contribution is -0.431. The molecule has 1 saturated heterocycles. The van der Waals surface area contributed by atoms with E-state index in [0.717, 1.165) is 36.6 Å². The van der Waals surface area contributed by atoms with Gasteiger partial charge in [0.2, 0.25) is 0 Å². The molecule has 5 aliphatic carbocycles. The fourth-order valence-electron chi connectivity index (χ4n) is 7.31. The maximum atomic E-state index is 11.9. The summed E-state index contributed by atoms with van der Waals surface area (Å²) in [5, 5.41) is 24.8. The first kappa shape index (κ1) is 21.6. The molecule has 1 aromatic rings. The number of nitro groups is 1. The van der Waals surface area contributed by atoms with E-state index in [4.69, 9.17) is 0 Å². The highest BCUT2D eigenvalue weighted by Gasteiger charge is 2.54. The highest BCUT2D eigenvalue weighted by molar-refractivity contribution is 8.18. The molecule has 5 fully saturated rings. The predicted molar refractivity (Wildman–Crippen MR) is 126 cm³/mol. The summed E-state index contributed by atoms with van der Waals surface area (Å²) in [6, 6.07) is 3.61. The van der Waals surface area contributed by atoms with Crippen molar-refractivity contribution in [2.24, 2.45) is 23.2 Å². The number of hydrogen-bond acceptors (Lipinski definition) is 7. The van der Waals surface area contributed by atoms with Crippen molar-refractivity contribution in [3.05, 3.63) is 67.7 Å². The molecule has 0 spiro atoms. The lowest BCUT2D eigenvalue weighted by Gasteiger charge is -2.57. The van der Waals surface area contributed by atoms with Crippen LogP contribution in [-0.2, 0) is 4.79 Å². The minimum absolute atomic E-state index is 0.0922. The minimum atomic E-state index is -0.443. The number of allylic oxidation sites excluding steroid dienone is 3. The lowest BCUT2D eigenvalue weighted by Crippen LogP contribution is -2.47. The second kappa shape index (κ2) is 7.80. The molecule has 4 bridgehead atoms. The van der Waals surface area contributed by atoms with E-state index >= 15 is 0 Å². The summed E-state index contributed by atoms with van der Waals surface area (Å²) >= 11 is 0.847. The molecule has 1 unspecified atom stereocenters. The predicted octanol–water partition coefficient (Wildman–Crippen LogP) is 5.08. The standard InChI is InChI=1S/C25H25N3O5S/c29-22-18(25-9-14-3-15(10-25)5-16(4-14)11-25)7-17(8-20(22)28(32)33)19-2-1-13(12-26-19)6-21-23(30)27-24(31)34-21/h1-2,6-7,12,14-17,29H,3-5,8-11H2,(H,27,30,31)/b21-6-. The Bertz CT molecular complexity index is 1160. The van der Waals surface area contributed by atoms with Gasteiger partial charge in [-0.1, -0.05) is 12.1 Å². The first-order valence-electron chi connectivity index (χ1n) is 11.8. The average molecular weight is 480 g/mol. The normalized spacial score (nSPS) is 35.6. The van der Waals surface area contributed by atoms with Crippen LogP contribution in [-0.4, -0.2) is 26.2 Å². The first-order valence-corrected chi connectivity index (χ1v) is 12.6. The third-order valence-electron chi connectivity index (χ3n) is 8.27. The Morgan fingerprint density at radius 3 is 2.35 bits per heavy atom. The molecule has 8 nitrogen and oxygen atoms in total. The molecule has 7 rings (SSSR count). The van der Waals surface area contributed by atoms with Gasteiger partial charge in [0.25, 0.3) is 16.8 Å². The van der Waals surface area contributed by atoms with Gasteiger partial charge in [-0.05, 0) is 91.2 Å². The van der Waals surface area contributed by atoms with Gasteiger partial charge in [-0.25, -0.2) is 0 Å². The molecule has 176 valence electrons. The van der Waals surface area contributed by atoms with E-state index in [1.807, 2.05) is 12.1 Å². The number of pyridine rings is 1. The number of aromatic nitrogens is 1. The molecule has 0 radical (unpaired) electrons. The van der Waals surface area contributed by atoms with Crippen LogP contribution in [0.4, 0.5) is 4.79 Å². The van der Waals surface area contributed by atoms with Crippen molar-refractivity contribution in [1.82, 2.24) is 10.3 Å². The SMILES string of the molecule is O=C1NC(=O)/C(=C/c2ccc(C3C=C(C45CC6CC(CC(C6)C4)C5)C(O)=C([N+](=O)[O-])C3)nc2)S1. The summed E-state index contributed by atoms with van der Waals surface area (Å²) in [7, 11) is 0. The zero-order valence-electron chi connectivity index (χ0n) is 18.5. The Labute approximate surface area is 200 Å². The smallest absolute Gasteiger partial charge is 0.290 e. The number of carbonyl (C=O) groups is 2. The van der Waals surface area contributed by atoms with Crippen LogP contribution in [0.2, 0.25) is 0 Å². The molecular formula is C25H25N3O5S. The maximum absolute atomic E-state index is 11.9. The molecule has 2 amide bonds. The van der Waals surface area contributed by atoms with Crippen LogP contribution < -0.4 is 5.32 Å². The van der Waals surface area contributed by atoms with Gasteiger partial charge in [-0.3, -0.25) is 30.0 Å². The van der Waals surface area contributed by atoms with Crippen molar-refractivity contribution in [3.63, 3.8) is 0 Å². The summed E-state index contributed by atoms with van der Waals surface area (Å²) in [5.74, 6) is 1.11. The summed E-state index contributed by atoms with van der Waals surface area (Å²) in [6.45, 7) is 0. The second-order valence-corrected chi connectivity index (χ2v) is 11.5. The molecule has 6 aliphatic rings. The summed E-state index contributed by atoms with van der Waals surface area (Å²) in [6.07, 6.45) is 12.1. The number of rotatable bonds is 4. The number of aliphatic hydroxyl groups is 1. The average Bonchev–Trinajstić information content (AvgIpc) is 3.09. The fraction of sp³-hybridized carbons (Fsp3) is 0.480. The molecule has 1 atom stereocenters. The van der Waals surface area contributed by atoms with Gasteiger partial charge in [0.15, 0.2) is 5.76 Å². The van der Waals surface area contributed by atoms with E-state index in [1.165, 1.54) is 19.3 Å². The molecule has 9 heteroatoms. The number of amides is 2. The molecule has 2 N–H and O–H groups in total. The second-order valence-electron chi connectivity index (χ2n) is 10.5. The van der Waals surface area contributed by atoms with E-state index in [9.17, 15) is 24.8 Å². The van der Waals surface area contributed by atoms with Crippen molar-refractivity contribution >= 4 is 29.0 Å². The van der Waals surface area contributed by atoms with Crippen LogP contribution >= 0.6 is 11.8 Å².